The standard InChI is InChI=1S/C11H11ClO4/c1-2-14-11(13)10-6-15-9-5-7(12)3-4-8(9)16-10/h3-5,10H,2,6H2,1H3. The van der Waals surface area contributed by atoms with Gasteiger partial charge in [0.15, 0.2) is 11.5 Å². The summed E-state index contributed by atoms with van der Waals surface area (Å²) >= 11 is 5.80. The first kappa shape index (κ1) is 11.1. The summed E-state index contributed by atoms with van der Waals surface area (Å²) in [5.41, 5.74) is 0. The number of hydrogen-bond donors (Lipinski definition) is 0. The van der Waals surface area contributed by atoms with Crippen molar-refractivity contribution in [3.63, 3.8) is 0 Å². The minimum Gasteiger partial charge on any atom is -0.485 e. The SMILES string of the molecule is CCOC(=O)C1COc2cc(Cl)ccc2O1. The molecular weight excluding hydrogens is 232 g/mol. The first-order valence-corrected chi connectivity index (χ1v) is 5.34. The first-order chi connectivity index (χ1) is 7.70. The molecule has 1 aromatic rings. The van der Waals surface area contributed by atoms with Crippen LogP contribution in [-0.2, 0) is 9.53 Å². The number of carbonyl (C=O) groups excluding carboxylic acids is 1. The Morgan fingerprint density at radius 1 is 1.56 bits per heavy atom. The van der Waals surface area contributed by atoms with Crippen LogP contribution in [-0.4, -0.2) is 25.3 Å². The summed E-state index contributed by atoms with van der Waals surface area (Å²) in [5.74, 6) is 0.643. The van der Waals surface area contributed by atoms with E-state index < -0.39 is 12.1 Å². The predicted octanol–water partition coefficient (Wildman–Crippen LogP) is 2.04. The molecule has 0 saturated heterocycles. The molecule has 2 rings (SSSR count). The van der Waals surface area contributed by atoms with Crippen molar-refractivity contribution >= 4 is 17.6 Å². The van der Waals surface area contributed by atoms with E-state index in [1.165, 1.54) is 0 Å². The summed E-state index contributed by atoms with van der Waals surface area (Å²) in [5, 5.41) is 0.567. The molecule has 0 bridgehead atoms. The van der Waals surface area contributed by atoms with E-state index in [1.807, 2.05) is 0 Å². The van der Waals surface area contributed by atoms with Gasteiger partial charge in [-0.05, 0) is 19.1 Å². The number of benzene rings is 1. The molecule has 0 aliphatic carbocycles. The zero-order valence-corrected chi connectivity index (χ0v) is 9.49. The highest BCUT2D eigenvalue weighted by atomic mass is 35.5. The van der Waals surface area contributed by atoms with Gasteiger partial charge in [-0.25, -0.2) is 4.79 Å². The Balaban J connectivity index is 2.12. The molecule has 0 spiro atoms. The van der Waals surface area contributed by atoms with Gasteiger partial charge in [-0.15, -0.1) is 0 Å². The van der Waals surface area contributed by atoms with Crippen LogP contribution in [0.15, 0.2) is 18.2 Å². The van der Waals surface area contributed by atoms with Crippen molar-refractivity contribution in [2.75, 3.05) is 13.2 Å². The van der Waals surface area contributed by atoms with Crippen LogP contribution in [0.4, 0.5) is 0 Å². The number of esters is 1. The largest absolute Gasteiger partial charge is 0.485 e. The van der Waals surface area contributed by atoms with Gasteiger partial charge in [0.05, 0.1) is 6.61 Å². The number of rotatable bonds is 2. The van der Waals surface area contributed by atoms with E-state index in [0.29, 0.717) is 23.1 Å². The molecule has 1 atom stereocenters. The Kier molecular flexibility index (Phi) is 3.19. The lowest BCUT2D eigenvalue weighted by molar-refractivity contribution is -0.153. The summed E-state index contributed by atoms with van der Waals surface area (Å²) < 4.78 is 15.7. The van der Waals surface area contributed by atoms with E-state index in [2.05, 4.69) is 0 Å². The molecule has 1 aliphatic heterocycles. The number of ether oxygens (including phenoxy) is 3. The molecular formula is C11H11ClO4. The molecule has 0 fully saturated rings. The molecule has 0 aromatic heterocycles. The third kappa shape index (κ3) is 2.22. The lowest BCUT2D eigenvalue weighted by Crippen LogP contribution is -2.37. The van der Waals surface area contributed by atoms with Crippen molar-refractivity contribution in [2.45, 2.75) is 13.0 Å². The van der Waals surface area contributed by atoms with Gasteiger partial charge in [-0.1, -0.05) is 11.6 Å². The van der Waals surface area contributed by atoms with E-state index in [-0.39, 0.29) is 6.61 Å². The fourth-order valence-electron chi connectivity index (χ4n) is 1.40. The van der Waals surface area contributed by atoms with Crippen molar-refractivity contribution in [3.8, 4) is 11.5 Å². The van der Waals surface area contributed by atoms with Gasteiger partial charge in [-0.2, -0.15) is 0 Å². The van der Waals surface area contributed by atoms with E-state index in [4.69, 9.17) is 25.8 Å². The maximum absolute atomic E-state index is 11.4. The van der Waals surface area contributed by atoms with Crippen LogP contribution in [0.25, 0.3) is 0 Å². The molecule has 0 N–H and O–H groups in total. The van der Waals surface area contributed by atoms with Gasteiger partial charge in [-0.3, -0.25) is 0 Å². The fourth-order valence-corrected chi connectivity index (χ4v) is 1.56. The van der Waals surface area contributed by atoms with Crippen LogP contribution in [0.5, 0.6) is 11.5 Å². The Morgan fingerprint density at radius 2 is 2.38 bits per heavy atom. The second-order valence-corrected chi connectivity index (χ2v) is 3.70. The van der Waals surface area contributed by atoms with Crippen LogP contribution >= 0.6 is 11.6 Å². The zero-order chi connectivity index (χ0) is 11.5. The molecule has 1 heterocycles. The molecule has 5 heteroatoms. The topological polar surface area (TPSA) is 44.8 Å². The van der Waals surface area contributed by atoms with Crippen molar-refractivity contribution < 1.29 is 19.0 Å². The highest BCUT2D eigenvalue weighted by molar-refractivity contribution is 6.30. The lowest BCUT2D eigenvalue weighted by Gasteiger charge is -2.24. The molecule has 0 radical (unpaired) electrons. The predicted molar refractivity (Wildman–Crippen MR) is 58.0 cm³/mol. The molecule has 16 heavy (non-hydrogen) atoms. The van der Waals surface area contributed by atoms with Gasteiger partial charge in [0.1, 0.15) is 6.61 Å². The molecule has 86 valence electrons. The minimum absolute atomic E-state index is 0.145. The Morgan fingerprint density at radius 3 is 3.12 bits per heavy atom. The summed E-state index contributed by atoms with van der Waals surface area (Å²) in [4.78, 5) is 11.4. The summed E-state index contributed by atoms with van der Waals surface area (Å²) in [6, 6.07) is 5.00. The van der Waals surface area contributed by atoms with Crippen molar-refractivity contribution in [2.24, 2.45) is 0 Å². The molecule has 1 aliphatic rings. The van der Waals surface area contributed by atoms with Crippen molar-refractivity contribution in [1.82, 2.24) is 0 Å². The molecule has 0 saturated carbocycles. The Bertz CT molecular complexity index is 405. The summed E-state index contributed by atoms with van der Waals surface area (Å²) in [7, 11) is 0. The summed E-state index contributed by atoms with van der Waals surface area (Å²) in [6.07, 6.45) is -0.700. The van der Waals surface area contributed by atoms with Gasteiger partial charge in [0.25, 0.3) is 0 Å². The maximum atomic E-state index is 11.4. The normalized spacial score (nSPS) is 18.0. The smallest absolute Gasteiger partial charge is 0.350 e. The first-order valence-electron chi connectivity index (χ1n) is 4.96. The van der Waals surface area contributed by atoms with Gasteiger partial charge >= 0.3 is 5.97 Å². The van der Waals surface area contributed by atoms with Gasteiger partial charge in [0.2, 0.25) is 6.10 Å². The van der Waals surface area contributed by atoms with Crippen molar-refractivity contribution in [3.05, 3.63) is 23.2 Å². The average molecular weight is 243 g/mol. The molecule has 1 unspecified atom stereocenters. The van der Waals surface area contributed by atoms with E-state index in [0.717, 1.165) is 0 Å². The summed E-state index contributed by atoms with van der Waals surface area (Å²) in [6.45, 7) is 2.22. The highest BCUT2D eigenvalue weighted by Crippen LogP contribution is 2.34. The number of hydrogen-bond acceptors (Lipinski definition) is 4. The molecule has 0 amide bonds. The Hall–Kier alpha value is -1.42. The third-order valence-corrected chi connectivity index (χ3v) is 2.35. The van der Waals surface area contributed by atoms with Crippen LogP contribution in [0.1, 0.15) is 6.92 Å². The second-order valence-electron chi connectivity index (χ2n) is 3.26. The molecule has 1 aromatic carbocycles. The van der Waals surface area contributed by atoms with E-state index in [9.17, 15) is 4.79 Å². The number of carbonyl (C=O) groups is 1. The quantitative estimate of drug-likeness (QED) is 0.745. The number of fused-ring (bicyclic) bond motifs is 1. The molecule has 4 nitrogen and oxygen atoms in total. The fraction of sp³-hybridized carbons (Fsp3) is 0.364. The van der Waals surface area contributed by atoms with E-state index >= 15 is 0 Å². The van der Waals surface area contributed by atoms with Crippen molar-refractivity contribution in [1.29, 1.82) is 0 Å². The highest BCUT2D eigenvalue weighted by Gasteiger charge is 2.28. The van der Waals surface area contributed by atoms with Gasteiger partial charge < -0.3 is 14.2 Å². The minimum atomic E-state index is -0.700. The van der Waals surface area contributed by atoms with Crippen LogP contribution in [0, 0.1) is 0 Å². The zero-order valence-electron chi connectivity index (χ0n) is 8.73. The van der Waals surface area contributed by atoms with Crippen LogP contribution < -0.4 is 9.47 Å². The van der Waals surface area contributed by atoms with Crippen LogP contribution in [0.3, 0.4) is 0 Å². The lowest BCUT2D eigenvalue weighted by atomic mass is 10.2. The average Bonchev–Trinajstić information content (AvgIpc) is 2.28. The monoisotopic (exact) mass is 242 g/mol. The Labute approximate surface area is 98.1 Å². The second kappa shape index (κ2) is 4.61. The number of halogens is 1. The third-order valence-electron chi connectivity index (χ3n) is 2.11. The maximum Gasteiger partial charge on any atom is 0.350 e. The van der Waals surface area contributed by atoms with Gasteiger partial charge in [0, 0.05) is 11.1 Å². The van der Waals surface area contributed by atoms with E-state index in [1.54, 1.807) is 25.1 Å². The van der Waals surface area contributed by atoms with Crippen LogP contribution in [0.2, 0.25) is 5.02 Å².